The number of imide groups is 3. The Kier molecular flexibility index (Phi) is 3.03. The highest BCUT2D eigenvalue weighted by Crippen LogP contribution is 2.27. The van der Waals surface area contributed by atoms with Crippen LogP contribution in [0, 0.1) is 10.1 Å². The van der Waals surface area contributed by atoms with E-state index in [0.717, 1.165) is 6.07 Å². The molecule has 3 rings (SSSR count). The van der Waals surface area contributed by atoms with Gasteiger partial charge in [-0.15, -0.1) is 0 Å². The molecule has 1 heterocycles. The summed E-state index contributed by atoms with van der Waals surface area (Å²) in [6.45, 7) is 0. The minimum absolute atomic E-state index is 0.111. The van der Waals surface area contributed by atoms with Crippen LogP contribution in [0.5, 0.6) is 0 Å². The zero-order valence-corrected chi connectivity index (χ0v) is 11.1. The van der Waals surface area contributed by atoms with Crippen LogP contribution in [-0.4, -0.2) is 27.5 Å². The fraction of sp³-hybridized carbons (Fsp3) is 0. The molecule has 0 radical (unpaired) electrons. The molecular formula is C15H8N2O5. The molecule has 2 aromatic carbocycles. The van der Waals surface area contributed by atoms with E-state index in [2.05, 4.69) is 0 Å². The molecule has 3 amide bonds. The van der Waals surface area contributed by atoms with Gasteiger partial charge in [-0.25, -0.2) is 4.90 Å². The number of amides is 3. The molecule has 7 heteroatoms. The lowest BCUT2D eigenvalue weighted by Crippen LogP contribution is -2.36. The van der Waals surface area contributed by atoms with Crippen LogP contribution in [0.2, 0.25) is 0 Å². The van der Waals surface area contributed by atoms with E-state index in [1.165, 1.54) is 30.3 Å². The van der Waals surface area contributed by atoms with Crippen LogP contribution in [0.3, 0.4) is 0 Å². The third kappa shape index (κ3) is 1.87. The Bertz CT molecular complexity index is 808. The Hall–Kier alpha value is -3.35. The summed E-state index contributed by atoms with van der Waals surface area (Å²) in [7, 11) is 0. The maximum absolute atomic E-state index is 12.4. The van der Waals surface area contributed by atoms with E-state index in [1.54, 1.807) is 12.1 Å². The van der Waals surface area contributed by atoms with Gasteiger partial charge in [0.25, 0.3) is 23.4 Å². The third-order valence-corrected chi connectivity index (χ3v) is 3.33. The van der Waals surface area contributed by atoms with E-state index in [4.69, 9.17) is 0 Å². The predicted octanol–water partition coefficient (Wildman–Crippen LogP) is 2.03. The molecule has 1 aliphatic rings. The fourth-order valence-electron chi connectivity index (χ4n) is 2.31. The number of hydrogen-bond donors (Lipinski definition) is 0. The van der Waals surface area contributed by atoms with Crippen LogP contribution in [0.4, 0.5) is 5.69 Å². The van der Waals surface area contributed by atoms with Gasteiger partial charge in [0.2, 0.25) is 0 Å². The first-order chi connectivity index (χ1) is 10.5. The number of carbonyl (C=O) groups is 3. The lowest BCUT2D eigenvalue weighted by atomic mass is 10.1. The van der Waals surface area contributed by atoms with Gasteiger partial charge in [-0.2, -0.15) is 0 Å². The van der Waals surface area contributed by atoms with Gasteiger partial charge in [0.1, 0.15) is 5.56 Å². The zero-order valence-electron chi connectivity index (χ0n) is 11.1. The van der Waals surface area contributed by atoms with Crippen LogP contribution in [0.15, 0.2) is 48.5 Å². The van der Waals surface area contributed by atoms with Crippen LogP contribution in [0.25, 0.3) is 0 Å². The average Bonchev–Trinajstić information content (AvgIpc) is 2.79. The Morgan fingerprint density at radius 2 is 1.41 bits per heavy atom. The molecule has 108 valence electrons. The van der Waals surface area contributed by atoms with Gasteiger partial charge in [0.15, 0.2) is 0 Å². The molecule has 0 bridgehead atoms. The molecule has 1 aliphatic heterocycles. The van der Waals surface area contributed by atoms with Crippen molar-refractivity contribution < 1.29 is 19.3 Å². The van der Waals surface area contributed by atoms with Crippen LogP contribution >= 0.6 is 0 Å². The Morgan fingerprint density at radius 1 is 0.909 bits per heavy atom. The largest absolute Gasteiger partial charge is 0.282 e. The van der Waals surface area contributed by atoms with Crippen LogP contribution < -0.4 is 0 Å². The van der Waals surface area contributed by atoms with Gasteiger partial charge in [0.05, 0.1) is 16.1 Å². The maximum atomic E-state index is 12.4. The number of hydrogen-bond acceptors (Lipinski definition) is 5. The third-order valence-electron chi connectivity index (χ3n) is 3.33. The minimum Gasteiger partial charge on any atom is -0.268 e. The second-order valence-corrected chi connectivity index (χ2v) is 4.57. The van der Waals surface area contributed by atoms with Crippen molar-refractivity contribution in [2.24, 2.45) is 0 Å². The van der Waals surface area contributed by atoms with Crippen molar-refractivity contribution in [1.82, 2.24) is 4.90 Å². The van der Waals surface area contributed by atoms with Crippen LogP contribution in [0.1, 0.15) is 31.1 Å². The van der Waals surface area contributed by atoms with Gasteiger partial charge >= 0.3 is 0 Å². The number of para-hydroxylation sites is 1. The molecule has 7 nitrogen and oxygen atoms in total. The average molecular weight is 296 g/mol. The van der Waals surface area contributed by atoms with Gasteiger partial charge in [-0.05, 0) is 18.2 Å². The van der Waals surface area contributed by atoms with E-state index in [9.17, 15) is 24.5 Å². The number of nitrogens with zero attached hydrogens (tertiary/aromatic N) is 2. The first-order valence-electron chi connectivity index (χ1n) is 6.28. The number of rotatable bonds is 2. The quantitative estimate of drug-likeness (QED) is 0.480. The SMILES string of the molecule is O=C1c2ccccc2C(=O)N1C(=O)c1ccccc1[N+](=O)[O-]. The second kappa shape index (κ2) is 4.88. The molecule has 0 unspecified atom stereocenters. The van der Waals surface area contributed by atoms with Crippen molar-refractivity contribution in [3.8, 4) is 0 Å². The predicted molar refractivity (Wildman–Crippen MR) is 74.4 cm³/mol. The number of benzene rings is 2. The van der Waals surface area contributed by atoms with Crippen molar-refractivity contribution in [3.05, 3.63) is 75.3 Å². The smallest absolute Gasteiger partial charge is 0.268 e. The Morgan fingerprint density at radius 3 is 1.95 bits per heavy atom. The monoisotopic (exact) mass is 296 g/mol. The molecule has 2 aromatic rings. The lowest BCUT2D eigenvalue weighted by molar-refractivity contribution is -0.385. The first kappa shape index (κ1) is 13.6. The van der Waals surface area contributed by atoms with Crippen molar-refractivity contribution in [1.29, 1.82) is 0 Å². The van der Waals surface area contributed by atoms with E-state index in [1.807, 2.05) is 0 Å². The van der Waals surface area contributed by atoms with E-state index in [-0.39, 0.29) is 16.7 Å². The molecule has 0 aromatic heterocycles. The molecule has 0 saturated carbocycles. The summed E-state index contributed by atoms with van der Waals surface area (Å²) in [4.78, 5) is 47.6. The van der Waals surface area contributed by atoms with E-state index < -0.39 is 28.3 Å². The molecule has 0 saturated heterocycles. The standard InChI is InChI=1S/C15H8N2O5/c18-13-9-5-1-2-6-10(9)14(19)16(13)15(20)11-7-3-4-8-12(11)17(21)22/h1-8H. The van der Waals surface area contributed by atoms with Gasteiger partial charge in [-0.3, -0.25) is 24.5 Å². The highest BCUT2D eigenvalue weighted by molar-refractivity contribution is 6.31. The first-order valence-corrected chi connectivity index (χ1v) is 6.28. The summed E-state index contributed by atoms with van der Waals surface area (Å²) < 4.78 is 0. The Balaban J connectivity index is 2.07. The number of nitro groups is 1. The molecule has 0 spiro atoms. The van der Waals surface area contributed by atoms with Gasteiger partial charge in [0, 0.05) is 6.07 Å². The van der Waals surface area contributed by atoms with Crippen molar-refractivity contribution in [2.45, 2.75) is 0 Å². The molecule has 0 fully saturated rings. The molecule has 22 heavy (non-hydrogen) atoms. The van der Waals surface area contributed by atoms with E-state index in [0.29, 0.717) is 4.90 Å². The number of fused-ring (bicyclic) bond motifs is 1. The van der Waals surface area contributed by atoms with Crippen LogP contribution in [-0.2, 0) is 0 Å². The summed E-state index contributed by atoms with van der Waals surface area (Å²) in [5.41, 5.74) is -0.537. The lowest BCUT2D eigenvalue weighted by Gasteiger charge is -2.11. The van der Waals surface area contributed by atoms with Crippen molar-refractivity contribution in [3.63, 3.8) is 0 Å². The van der Waals surface area contributed by atoms with Crippen molar-refractivity contribution >= 4 is 23.4 Å². The highest BCUT2D eigenvalue weighted by atomic mass is 16.6. The molecule has 0 aliphatic carbocycles. The summed E-state index contributed by atoms with van der Waals surface area (Å²) in [5.74, 6) is -2.55. The summed E-state index contributed by atoms with van der Waals surface area (Å²) in [6.07, 6.45) is 0. The number of carbonyl (C=O) groups excluding carboxylic acids is 3. The summed E-state index contributed by atoms with van der Waals surface area (Å²) in [5, 5.41) is 11.0. The normalized spacial score (nSPS) is 13.2. The summed E-state index contributed by atoms with van der Waals surface area (Å²) in [6, 6.07) is 11.2. The molecule has 0 atom stereocenters. The van der Waals surface area contributed by atoms with Gasteiger partial charge < -0.3 is 0 Å². The fourth-order valence-corrected chi connectivity index (χ4v) is 2.31. The zero-order chi connectivity index (χ0) is 15.9. The topological polar surface area (TPSA) is 97.6 Å². The number of nitro benzene ring substituents is 1. The molecular weight excluding hydrogens is 288 g/mol. The minimum atomic E-state index is -1.00. The van der Waals surface area contributed by atoms with Crippen molar-refractivity contribution in [2.75, 3.05) is 0 Å². The summed E-state index contributed by atoms with van der Waals surface area (Å²) >= 11 is 0. The second-order valence-electron chi connectivity index (χ2n) is 4.57. The molecule has 0 N–H and O–H groups in total. The van der Waals surface area contributed by atoms with E-state index >= 15 is 0 Å². The van der Waals surface area contributed by atoms with Gasteiger partial charge in [-0.1, -0.05) is 24.3 Å². The Labute approximate surface area is 123 Å². The maximum Gasteiger partial charge on any atom is 0.282 e. The highest BCUT2D eigenvalue weighted by Gasteiger charge is 2.41.